The van der Waals surface area contributed by atoms with E-state index in [1.165, 1.54) is 5.00 Å². The number of benzene rings is 1. The molecule has 6 heteroatoms. The third kappa shape index (κ3) is 2.41. The van der Waals surface area contributed by atoms with Crippen molar-refractivity contribution in [3.8, 4) is 0 Å². The molecule has 100 valence electrons. The zero-order chi connectivity index (χ0) is 13.4. The second-order valence-electron chi connectivity index (χ2n) is 4.85. The summed E-state index contributed by atoms with van der Waals surface area (Å²) < 4.78 is 1.11. The number of nitrogens with zero attached hydrogens (tertiary/aromatic N) is 3. The Labute approximate surface area is 115 Å². The normalized spacial score (nSPS) is 17.0. The molecule has 2 aromatic rings. The highest BCUT2D eigenvalue weighted by Crippen LogP contribution is 2.34. The zero-order valence-electron chi connectivity index (χ0n) is 10.7. The topological polar surface area (TPSA) is 49.6 Å². The summed E-state index contributed by atoms with van der Waals surface area (Å²) >= 11 is 1.71. The van der Waals surface area contributed by atoms with Crippen LogP contribution in [0.1, 0.15) is 0 Å². The molecule has 19 heavy (non-hydrogen) atoms. The number of rotatable bonds is 2. The monoisotopic (exact) mass is 277 g/mol. The number of piperazine rings is 1. The number of hydrogen-bond acceptors (Lipinski definition) is 5. The third-order valence-corrected chi connectivity index (χ3v) is 4.69. The molecule has 0 bridgehead atoms. The van der Waals surface area contributed by atoms with Crippen molar-refractivity contribution < 1.29 is 4.92 Å². The van der Waals surface area contributed by atoms with Gasteiger partial charge in [0.15, 0.2) is 0 Å². The molecule has 1 saturated heterocycles. The molecule has 0 radical (unpaired) electrons. The average molecular weight is 277 g/mol. The summed E-state index contributed by atoms with van der Waals surface area (Å²) in [6.07, 6.45) is 0. The van der Waals surface area contributed by atoms with Gasteiger partial charge >= 0.3 is 0 Å². The lowest BCUT2D eigenvalue weighted by Gasteiger charge is -2.32. The number of fused-ring (bicyclic) bond motifs is 1. The number of anilines is 1. The fraction of sp³-hybridized carbons (Fsp3) is 0.385. The van der Waals surface area contributed by atoms with Crippen LogP contribution in [0, 0.1) is 10.1 Å². The maximum atomic E-state index is 10.8. The summed E-state index contributed by atoms with van der Waals surface area (Å²) in [4.78, 5) is 15.1. The van der Waals surface area contributed by atoms with Gasteiger partial charge in [0.05, 0.1) is 9.92 Å². The number of nitro benzene ring substituents is 1. The molecule has 0 atom stereocenters. The standard InChI is InChI=1S/C13H15N3O2S/c1-14-4-6-15(7-5-14)13-9-10-8-11(16(17)18)2-3-12(10)19-13/h2-3,8-9H,4-7H2,1H3. The van der Waals surface area contributed by atoms with Crippen LogP contribution in [0.25, 0.3) is 10.1 Å². The summed E-state index contributed by atoms with van der Waals surface area (Å²) in [5, 5.41) is 13.0. The molecule has 2 heterocycles. The van der Waals surface area contributed by atoms with E-state index in [1.807, 2.05) is 6.07 Å². The van der Waals surface area contributed by atoms with Crippen LogP contribution in [0.3, 0.4) is 0 Å². The molecular weight excluding hydrogens is 262 g/mol. The molecule has 0 unspecified atom stereocenters. The first-order valence-corrected chi connectivity index (χ1v) is 7.06. The van der Waals surface area contributed by atoms with Crippen LogP contribution in [-0.4, -0.2) is 43.0 Å². The molecule has 1 fully saturated rings. The summed E-state index contributed by atoms with van der Waals surface area (Å²) in [7, 11) is 2.13. The number of nitro groups is 1. The molecule has 1 aromatic heterocycles. The highest BCUT2D eigenvalue weighted by molar-refractivity contribution is 7.22. The van der Waals surface area contributed by atoms with Crippen LogP contribution in [0.4, 0.5) is 10.7 Å². The number of hydrogen-bond donors (Lipinski definition) is 0. The van der Waals surface area contributed by atoms with Crippen molar-refractivity contribution in [3.63, 3.8) is 0 Å². The van der Waals surface area contributed by atoms with Crippen LogP contribution < -0.4 is 4.90 Å². The quantitative estimate of drug-likeness (QED) is 0.625. The van der Waals surface area contributed by atoms with Gasteiger partial charge in [-0.05, 0) is 19.2 Å². The Kier molecular flexibility index (Phi) is 3.12. The van der Waals surface area contributed by atoms with Gasteiger partial charge in [-0.2, -0.15) is 0 Å². The second kappa shape index (κ2) is 4.79. The molecule has 0 spiro atoms. The van der Waals surface area contributed by atoms with Crippen molar-refractivity contribution in [2.45, 2.75) is 0 Å². The lowest BCUT2D eigenvalue weighted by molar-refractivity contribution is -0.384. The van der Waals surface area contributed by atoms with Crippen molar-refractivity contribution >= 4 is 32.1 Å². The molecule has 0 saturated carbocycles. The minimum Gasteiger partial charge on any atom is -0.361 e. The third-order valence-electron chi connectivity index (χ3n) is 3.51. The highest BCUT2D eigenvalue weighted by atomic mass is 32.1. The molecule has 1 aromatic carbocycles. The fourth-order valence-corrected chi connectivity index (χ4v) is 3.41. The Morgan fingerprint density at radius 2 is 1.95 bits per heavy atom. The fourth-order valence-electron chi connectivity index (χ4n) is 2.31. The summed E-state index contributed by atoms with van der Waals surface area (Å²) in [5.74, 6) is 0. The summed E-state index contributed by atoms with van der Waals surface area (Å²) in [5.41, 5.74) is 0.162. The van der Waals surface area contributed by atoms with Crippen molar-refractivity contribution in [3.05, 3.63) is 34.4 Å². The zero-order valence-corrected chi connectivity index (χ0v) is 11.5. The van der Waals surface area contributed by atoms with E-state index in [-0.39, 0.29) is 10.6 Å². The molecular formula is C13H15N3O2S. The number of non-ortho nitro benzene ring substituents is 1. The lowest BCUT2D eigenvalue weighted by atomic mass is 10.2. The van der Waals surface area contributed by atoms with Crippen LogP contribution in [-0.2, 0) is 0 Å². The minimum atomic E-state index is -0.341. The van der Waals surface area contributed by atoms with Gasteiger partial charge in [0.25, 0.3) is 5.69 Å². The van der Waals surface area contributed by atoms with Gasteiger partial charge in [0.1, 0.15) is 0 Å². The highest BCUT2D eigenvalue weighted by Gasteiger charge is 2.17. The van der Waals surface area contributed by atoms with E-state index >= 15 is 0 Å². The molecule has 1 aliphatic heterocycles. The van der Waals surface area contributed by atoms with Crippen molar-refractivity contribution in [2.24, 2.45) is 0 Å². The number of likely N-dealkylation sites (N-methyl/N-ethyl adjacent to an activating group) is 1. The minimum absolute atomic E-state index is 0.162. The second-order valence-corrected chi connectivity index (χ2v) is 5.92. The van der Waals surface area contributed by atoms with E-state index in [1.54, 1.807) is 23.5 Å². The van der Waals surface area contributed by atoms with Gasteiger partial charge in [0, 0.05) is 48.4 Å². The van der Waals surface area contributed by atoms with E-state index in [0.717, 1.165) is 36.3 Å². The van der Waals surface area contributed by atoms with Crippen LogP contribution in [0.5, 0.6) is 0 Å². The molecule has 5 nitrogen and oxygen atoms in total. The first-order valence-electron chi connectivity index (χ1n) is 6.25. The van der Waals surface area contributed by atoms with Crippen LogP contribution in [0.2, 0.25) is 0 Å². The maximum Gasteiger partial charge on any atom is 0.270 e. The maximum absolute atomic E-state index is 10.8. The lowest BCUT2D eigenvalue weighted by Crippen LogP contribution is -2.44. The largest absolute Gasteiger partial charge is 0.361 e. The van der Waals surface area contributed by atoms with Gasteiger partial charge in [0.2, 0.25) is 0 Å². The van der Waals surface area contributed by atoms with E-state index in [0.29, 0.717) is 0 Å². The predicted octanol–water partition coefficient (Wildman–Crippen LogP) is 2.56. The Morgan fingerprint density at radius 3 is 2.63 bits per heavy atom. The summed E-state index contributed by atoms with van der Waals surface area (Å²) in [6.45, 7) is 4.17. The smallest absolute Gasteiger partial charge is 0.270 e. The van der Waals surface area contributed by atoms with E-state index in [2.05, 4.69) is 22.9 Å². The first kappa shape index (κ1) is 12.4. The van der Waals surface area contributed by atoms with Crippen molar-refractivity contribution in [1.29, 1.82) is 0 Å². The predicted molar refractivity (Wildman–Crippen MR) is 78.2 cm³/mol. The van der Waals surface area contributed by atoms with Crippen molar-refractivity contribution in [1.82, 2.24) is 4.90 Å². The SMILES string of the molecule is CN1CCN(c2cc3cc([N+](=O)[O-])ccc3s2)CC1. The van der Waals surface area contributed by atoms with Gasteiger partial charge in [-0.3, -0.25) is 10.1 Å². The van der Waals surface area contributed by atoms with Gasteiger partial charge < -0.3 is 9.80 Å². The first-order chi connectivity index (χ1) is 9.13. The molecule has 1 aliphatic rings. The van der Waals surface area contributed by atoms with E-state index in [9.17, 15) is 10.1 Å². The Hall–Kier alpha value is -1.66. The van der Waals surface area contributed by atoms with E-state index < -0.39 is 0 Å². The molecule has 0 N–H and O–H groups in total. The van der Waals surface area contributed by atoms with Crippen LogP contribution >= 0.6 is 11.3 Å². The molecule has 0 aliphatic carbocycles. The van der Waals surface area contributed by atoms with Crippen LogP contribution in [0.15, 0.2) is 24.3 Å². The van der Waals surface area contributed by atoms with Gasteiger partial charge in [-0.1, -0.05) is 0 Å². The van der Waals surface area contributed by atoms with Crippen molar-refractivity contribution in [2.75, 3.05) is 38.1 Å². The van der Waals surface area contributed by atoms with Gasteiger partial charge in [-0.15, -0.1) is 11.3 Å². The average Bonchev–Trinajstić information content (AvgIpc) is 2.82. The van der Waals surface area contributed by atoms with Gasteiger partial charge in [-0.25, -0.2) is 0 Å². The Balaban J connectivity index is 1.91. The Bertz CT molecular complexity index is 617. The summed E-state index contributed by atoms with van der Waals surface area (Å²) in [6, 6.07) is 7.15. The number of thiophene rings is 1. The molecule has 0 amide bonds. The van der Waals surface area contributed by atoms with E-state index in [4.69, 9.17) is 0 Å². The Morgan fingerprint density at radius 1 is 1.21 bits per heavy atom. The molecule has 3 rings (SSSR count).